The average Bonchev–Trinajstić information content (AvgIpc) is 2.33. The molecule has 0 saturated carbocycles. The zero-order valence-electron chi connectivity index (χ0n) is 5.30. The molecule has 0 aromatic rings. The predicted octanol–water partition coefficient (Wildman–Crippen LogP) is 0.607. The molecule has 4 fully saturated rings. The van der Waals surface area contributed by atoms with Crippen molar-refractivity contribution in [1.29, 1.82) is 0 Å². The van der Waals surface area contributed by atoms with Gasteiger partial charge in [-0.3, -0.25) is 0 Å². The predicted molar refractivity (Wildman–Crippen MR) is 31.4 cm³/mol. The summed E-state index contributed by atoms with van der Waals surface area (Å²) < 4.78 is 1.55. The minimum atomic E-state index is 1.07. The Balaban J connectivity index is 2.09. The van der Waals surface area contributed by atoms with Gasteiger partial charge < -0.3 is 4.48 Å². The quantitative estimate of drug-likeness (QED) is 0.316. The Labute approximate surface area is 49.9 Å². The van der Waals surface area contributed by atoms with Crippen LogP contribution in [0.3, 0.4) is 0 Å². The van der Waals surface area contributed by atoms with E-state index in [1.165, 1.54) is 6.54 Å². The lowest BCUT2D eigenvalue weighted by Gasteiger charge is -2.37. The summed E-state index contributed by atoms with van der Waals surface area (Å²) in [5.74, 6) is 1.15. The molecule has 4 aliphatic rings. The first-order valence-corrected chi connectivity index (χ1v) is 3.69. The smallest absolute Gasteiger partial charge is 0.140 e. The van der Waals surface area contributed by atoms with E-state index in [2.05, 4.69) is 6.92 Å². The zero-order valence-corrected chi connectivity index (χ0v) is 5.30. The van der Waals surface area contributed by atoms with Gasteiger partial charge in [0.25, 0.3) is 0 Å². The number of rotatable bonds is 0. The number of hydrogen-bond acceptors (Lipinski definition) is 0. The lowest BCUT2D eigenvalue weighted by molar-refractivity contribution is -0.873. The summed E-state index contributed by atoms with van der Waals surface area (Å²) in [6.07, 6.45) is 1.57. The van der Waals surface area contributed by atoms with Gasteiger partial charge in [-0.1, -0.05) is 0 Å². The fraction of sp³-hybridized carbons (Fsp3) is 1.00. The molecule has 0 aliphatic carbocycles. The fourth-order valence-corrected chi connectivity index (χ4v) is 3.01. The molecule has 4 unspecified atom stereocenters. The van der Waals surface area contributed by atoms with Crippen LogP contribution in [0.4, 0.5) is 0 Å². The highest BCUT2D eigenvalue weighted by Gasteiger charge is 2.75. The van der Waals surface area contributed by atoms with Crippen molar-refractivity contribution in [3.8, 4) is 0 Å². The molecule has 4 atom stereocenters. The number of hydrogen-bond donors (Lipinski definition) is 0. The average molecular weight is 110 g/mol. The van der Waals surface area contributed by atoms with Gasteiger partial charge in [-0.2, -0.15) is 0 Å². The second kappa shape index (κ2) is 0.766. The molecule has 0 N–H and O–H groups in total. The van der Waals surface area contributed by atoms with Crippen molar-refractivity contribution in [3.05, 3.63) is 0 Å². The first kappa shape index (κ1) is 3.89. The van der Waals surface area contributed by atoms with Gasteiger partial charge in [-0.15, -0.1) is 0 Å². The number of quaternary nitrogens is 1. The fourth-order valence-electron chi connectivity index (χ4n) is 3.01. The third-order valence-corrected chi connectivity index (χ3v) is 3.79. The van der Waals surface area contributed by atoms with E-state index in [1.54, 1.807) is 17.4 Å². The van der Waals surface area contributed by atoms with Gasteiger partial charge in [0.05, 0.1) is 18.5 Å². The minimum absolute atomic E-state index is 1.07. The van der Waals surface area contributed by atoms with Gasteiger partial charge in [-0.05, 0) is 6.92 Å². The van der Waals surface area contributed by atoms with E-state index < -0.39 is 0 Å². The van der Waals surface area contributed by atoms with E-state index >= 15 is 0 Å². The van der Waals surface area contributed by atoms with Crippen molar-refractivity contribution in [2.24, 2.45) is 5.92 Å². The molecule has 8 heavy (non-hydrogen) atoms. The van der Waals surface area contributed by atoms with Crippen LogP contribution in [0, 0.1) is 5.92 Å². The van der Waals surface area contributed by atoms with Crippen molar-refractivity contribution >= 4 is 0 Å². The minimum Gasteiger partial charge on any atom is -0.309 e. The molecule has 4 heterocycles. The molecule has 4 aliphatic heterocycles. The molecule has 4 rings (SSSR count). The van der Waals surface area contributed by atoms with Crippen molar-refractivity contribution in [3.63, 3.8) is 0 Å². The highest BCUT2D eigenvalue weighted by molar-refractivity contribution is 5.00. The van der Waals surface area contributed by atoms with Gasteiger partial charge in [0.2, 0.25) is 0 Å². The highest BCUT2D eigenvalue weighted by Crippen LogP contribution is 2.58. The lowest BCUT2D eigenvalue weighted by Crippen LogP contribution is -2.52. The molecule has 4 saturated heterocycles. The molecule has 0 amide bonds. The summed E-state index contributed by atoms with van der Waals surface area (Å²) in [4.78, 5) is 0. The Morgan fingerprint density at radius 3 is 2.38 bits per heavy atom. The number of piperidine rings is 2. The molecule has 44 valence electrons. The highest BCUT2D eigenvalue weighted by atomic mass is 15.6. The maximum Gasteiger partial charge on any atom is 0.140 e. The zero-order chi connectivity index (χ0) is 5.35. The summed E-state index contributed by atoms with van der Waals surface area (Å²) in [7, 11) is 0. The van der Waals surface area contributed by atoms with Gasteiger partial charge in [0, 0.05) is 6.42 Å². The molecule has 0 aromatic carbocycles. The molecule has 2 bridgehead atoms. The third kappa shape index (κ3) is 0.188. The van der Waals surface area contributed by atoms with E-state index in [1.807, 2.05) is 0 Å². The monoisotopic (exact) mass is 110 g/mol. The Kier molecular flexibility index (Phi) is 0.372. The Morgan fingerprint density at radius 1 is 1.38 bits per heavy atom. The van der Waals surface area contributed by atoms with E-state index in [0.29, 0.717) is 0 Å². The number of nitrogens with zero attached hydrogens (tertiary/aromatic N) is 1. The maximum absolute atomic E-state index is 2.43. The van der Waals surface area contributed by atoms with Crippen LogP contribution in [0.25, 0.3) is 0 Å². The van der Waals surface area contributed by atoms with Crippen molar-refractivity contribution in [1.82, 2.24) is 0 Å². The summed E-state index contributed by atoms with van der Waals surface area (Å²) in [6, 6.07) is 2.22. The normalized spacial score (nSPS) is 73.9. The van der Waals surface area contributed by atoms with Crippen molar-refractivity contribution in [2.45, 2.75) is 25.4 Å². The molecule has 1 spiro atoms. The van der Waals surface area contributed by atoms with Gasteiger partial charge in [0.1, 0.15) is 12.6 Å². The standard InChI is InChI=1S/C7H12N/c1-5-6-2-7-4-8(5,7)3-6/h5-7H,2-4H2,1H3/q+1. The summed E-state index contributed by atoms with van der Waals surface area (Å²) in [5, 5.41) is 0. The van der Waals surface area contributed by atoms with E-state index in [0.717, 1.165) is 18.0 Å². The second-order valence-electron chi connectivity index (χ2n) is 3.86. The second-order valence-corrected chi connectivity index (χ2v) is 3.86. The Hall–Kier alpha value is -0.0400. The van der Waals surface area contributed by atoms with Gasteiger partial charge in [0.15, 0.2) is 0 Å². The first-order chi connectivity index (χ1) is 3.83. The molecule has 1 nitrogen and oxygen atoms in total. The summed E-state index contributed by atoms with van der Waals surface area (Å²) in [6.45, 7) is 5.52. The van der Waals surface area contributed by atoms with Crippen LogP contribution in [0.2, 0.25) is 0 Å². The molecular weight excluding hydrogens is 98.1 g/mol. The van der Waals surface area contributed by atoms with Crippen molar-refractivity contribution < 1.29 is 4.48 Å². The summed E-state index contributed by atoms with van der Waals surface area (Å²) >= 11 is 0. The maximum atomic E-state index is 2.43. The van der Waals surface area contributed by atoms with Gasteiger partial charge >= 0.3 is 0 Å². The van der Waals surface area contributed by atoms with Crippen LogP contribution in [-0.4, -0.2) is 29.7 Å². The SMILES string of the molecule is CC1C2CC3C[N+]31C2. The van der Waals surface area contributed by atoms with Crippen LogP contribution in [0.15, 0.2) is 0 Å². The largest absolute Gasteiger partial charge is 0.309 e. The molecular formula is C7H12N+. The van der Waals surface area contributed by atoms with E-state index in [-0.39, 0.29) is 0 Å². The van der Waals surface area contributed by atoms with E-state index in [9.17, 15) is 0 Å². The van der Waals surface area contributed by atoms with Gasteiger partial charge in [-0.25, -0.2) is 0 Å². The van der Waals surface area contributed by atoms with Crippen LogP contribution < -0.4 is 0 Å². The first-order valence-electron chi connectivity index (χ1n) is 3.69. The molecule has 0 radical (unpaired) electrons. The van der Waals surface area contributed by atoms with Crippen LogP contribution in [-0.2, 0) is 0 Å². The van der Waals surface area contributed by atoms with Crippen LogP contribution in [0.5, 0.6) is 0 Å². The van der Waals surface area contributed by atoms with Crippen LogP contribution >= 0.6 is 0 Å². The topological polar surface area (TPSA) is 0 Å². The summed E-state index contributed by atoms with van der Waals surface area (Å²) in [5.41, 5.74) is 0. The molecule has 1 heteroatoms. The van der Waals surface area contributed by atoms with E-state index in [4.69, 9.17) is 0 Å². The van der Waals surface area contributed by atoms with Crippen molar-refractivity contribution in [2.75, 3.05) is 13.1 Å². The third-order valence-electron chi connectivity index (χ3n) is 3.79. The Morgan fingerprint density at radius 2 is 2.25 bits per heavy atom. The Bertz CT molecular complexity index is 152. The molecule has 0 aromatic heterocycles. The lowest BCUT2D eigenvalue weighted by atomic mass is 9.91. The van der Waals surface area contributed by atoms with Crippen LogP contribution in [0.1, 0.15) is 13.3 Å².